The van der Waals surface area contributed by atoms with Crippen LogP contribution in [-0.2, 0) is 0 Å². The van der Waals surface area contributed by atoms with E-state index in [9.17, 15) is 0 Å². The van der Waals surface area contributed by atoms with Crippen molar-refractivity contribution in [1.29, 1.82) is 0 Å². The van der Waals surface area contributed by atoms with Crippen LogP contribution in [0.25, 0.3) is 0 Å². The number of unbranched alkanes of at least 4 members (excludes halogenated alkanes) is 6. The number of hydrogen-bond donors (Lipinski definition) is 3. The molecule has 0 unspecified atom stereocenters. The van der Waals surface area contributed by atoms with Crippen molar-refractivity contribution in [1.82, 2.24) is 5.32 Å². The first-order chi connectivity index (χ1) is 8.83. The zero-order chi connectivity index (χ0) is 13.9. The van der Waals surface area contributed by atoms with Crippen LogP contribution in [0.4, 0.5) is 0 Å². The second kappa shape index (κ2) is 22.1. The normalized spacial score (nSPS) is 10.0. The minimum atomic E-state index is 0.219. The predicted octanol–water partition coefficient (Wildman–Crippen LogP) is 3.06. The Balaban J connectivity index is 0. The standard InChI is InChI=1S/C12H27N.C3H9NO/c1-3-5-7-9-11-13-12-10-8-6-4-2;4-2-1-3-5/h13H,3-12H2,1-2H3;5H,1-4H2. The van der Waals surface area contributed by atoms with Gasteiger partial charge in [0.1, 0.15) is 0 Å². The van der Waals surface area contributed by atoms with Gasteiger partial charge in [-0.3, -0.25) is 0 Å². The van der Waals surface area contributed by atoms with Crippen LogP contribution >= 0.6 is 0 Å². The van der Waals surface area contributed by atoms with Gasteiger partial charge < -0.3 is 16.2 Å². The summed E-state index contributed by atoms with van der Waals surface area (Å²) >= 11 is 0. The molecular formula is C15H36N2O. The Morgan fingerprint density at radius 2 is 1.28 bits per heavy atom. The Hall–Kier alpha value is -0.120. The lowest BCUT2D eigenvalue weighted by Gasteiger charge is -2.03. The molecular weight excluding hydrogens is 224 g/mol. The van der Waals surface area contributed by atoms with Gasteiger partial charge >= 0.3 is 0 Å². The number of aliphatic hydroxyl groups is 1. The number of hydrogen-bond acceptors (Lipinski definition) is 3. The van der Waals surface area contributed by atoms with E-state index in [0.29, 0.717) is 6.54 Å². The van der Waals surface area contributed by atoms with Gasteiger partial charge in [-0.2, -0.15) is 0 Å². The van der Waals surface area contributed by atoms with E-state index in [4.69, 9.17) is 10.8 Å². The first-order valence-corrected chi connectivity index (χ1v) is 7.85. The van der Waals surface area contributed by atoms with Crippen LogP contribution in [0.1, 0.15) is 71.6 Å². The molecule has 0 spiro atoms. The number of nitrogens with one attached hydrogen (secondary N) is 1. The van der Waals surface area contributed by atoms with Gasteiger partial charge in [0.25, 0.3) is 0 Å². The first kappa shape index (κ1) is 20.2. The molecule has 0 saturated heterocycles. The van der Waals surface area contributed by atoms with Crippen LogP contribution < -0.4 is 11.1 Å². The maximum Gasteiger partial charge on any atom is 0.0443 e. The summed E-state index contributed by atoms with van der Waals surface area (Å²) in [5, 5.41) is 11.5. The second-order valence-corrected chi connectivity index (χ2v) is 4.74. The van der Waals surface area contributed by atoms with Crippen LogP contribution in [-0.4, -0.2) is 31.3 Å². The molecule has 0 amide bonds. The molecule has 0 aliphatic rings. The molecule has 0 aliphatic heterocycles. The average molecular weight is 260 g/mol. The highest BCUT2D eigenvalue weighted by Gasteiger charge is 1.89. The van der Waals surface area contributed by atoms with E-state index >= 15 is 0 Å². The van der Waals surface area contributed by atoms with Gasteiger partial charge in [0.05, 0.1) is 0 Å². The molecule has 0 heterocycles. The Morgan fingerprint density at radius 1 is 0.778 bits per heavy atom. The van der Waals surface area contributed by atoms with Crippen molar-refractivity contribution in [2.45, 2.75) is 71.6 Å². The van der Waals surface area contributed by atoms with Gasteiger partial charge in [-0.15, -0.1) is 0 Å². The van der Waals surface area contributed by atoms with E-state index in [1.54, 1.807) is 0 Å². The molecule has 4 N–H and O–H groups in total. The summed E-state index contributed by atoms with van der Waals surface area (Å²) in [6, 6.07) is 0. The topological polar surface area (TPSA) is 58.3 Å². The van der Waals surface area contributed by atoms with Crippen molar-refractivity contribution in [2.75, 3.05) is 26.2 Å². The molecule has 3 nitrogen and oxygen atoms in total. The lowest BCUT2D eigenvalue weighted by atomic mass is 10.2. The third kappa shape index (κ3) is 24.9. The van der Waals surface area contributed by atoms with Crippen molar-refractivity contribution in [2.24, 2.45) is 5.73 Å². The molecule has 0 aromatic heterocycles. The third-order valence-corrected chi connectivity index (χ3v) is 2.78. The lowest BCUT2D eigenvalue weighted by Crippen LogP contribution is -2.16. The van der Waals surface area contributed by atoms with Gasteiger partial charge in [-0.25, -0.2) is 0 Å². The van der Waals surface area contributed by atoms with E-state index < -0.39 is 0 Å². The van der Waals surface area contributed by atoms with Gasteiger partial charge in [-0.1, -0.05) is 52.4 Å². The van der Waals surface area contributed by atoms with Crippen molar-refractivity contribution in [3.8, 4) is 0 Å². The molecule has 3 heteroatoms. The summed E-state index contributed by atoms with van der Waals surface area (Å²) in [6.07, 6.45) is 11.7. The van der Waals surface area contributed by atoms with Gasteiger partial charge in [0.2, 0.25) is 0 Å². The molecule has 0 fully saturated rings. The highest BCUT2D eigenvalue weighted by molar-refractivity contribution is 4.49. The summed E-state index contributed by atoms with van der Waals surface area (Å²) in [7, 11) is 0. The molecule has 0 aliphatic carbocycles. The SMILES string of the molecule is CCCCCCNCCCCCC.NCCCO. The van der Waals surface area contributed by atoms with E-state index in [1.807, 2.05) is 0 Å². The molecule has 0 radical (unpaired) electrons. The van der Waals surface area contributed by atoms with Crippen LogP contribution in [0.3, 0.4) is 0 Å². The van der Waals surface area contributed by atoms with Gasteiger partial charge in [0, 0.05) is 6.61 Å². The molecule has 0 rings (SSSR count). The quantitative estimate of drug-likeness (QED) is 0.473. The van der Waals surface area contributed by atoms with Crippen molar-refractivity contribution in [3.05, 3.63) is 0 Å². The molecule has 0 atom stereocenters. The smallest absolute Gasteiger partial charge is 0.0443 e. The minimum absolute atomic E-state index is 0.219. The highest BCUT2D eigenvalue weighted by atomic mass is 16.2. The fourth-order valence-corrected chi connectivity index (χ4v) is 1.57. The molecule has 0 bridgehead atoms. The van der Waals surface area contributed by atoms with Crippen molar-refractivity contribution >= 4 is 0 Å². The fraction of sp³-hybridized carbons (Fsp3) is 1.00. The Bertz CT molecular complexity index is 109. The molecule has 112 valence electrons. The van der Waals surface area contributed by atoms with Crippen LogP contribution in [0.15, 0.2) is 0 Å². The van der Waals surface area contributed by atoms with Gasteiger partial charge in [0.15, 0.2) is 0 Å². The maximum atomic E-state index is 7.99. The Morgan fingerprint density at radius 3 is 1.56 bits per heavy atom. The monoisotopic (exact) mass is 260 g/mol. The van der Waals surface area contributed by atoms with Crippen LogP contribution in [0, 0.1) is 0 Å². The summed E-state index contributed by atoms with van der Waals surface area (Å²) < 4.78 is 0. The summed E-state index contributed by atoms with van der Waals surface area (Å²) in [6.45, 7) is 7.79. The summed E-state index contributed by atoms with van der Waals surface area (Å²) in [5.74, 6) is 0. The van der Waals surface area contributed by atoms with E-state index in [2.05, 4.69) is 19.2 Å². The number of rotatable bonds is 12. The highest BCUT2D eigenvalue weighted by Crippen LogP contribution is 1.98. The fourth-order valence-electron chi connectivity index (χ4n) is 1.57. The zero-order valence-corrected chi connectivity index (χ0v) is 12.7. The van der Waals surface area contributed by atoms with Crippen molar-refractivity contribution < 1.29 is 5.11 Å². The van der Waals surface area contributed by atoms with Crippen LogP contribution in [0.2, 0.25) is 0 Å². The Kier molecular flexibility index (Phi) is 24.8. The molecule has 0 aromatic carbocycles. The third-order valence-electron chi connectivity index (χ3n) is 2.78. The van der Waals surface area contributed by atoms with E-state index in [0.717, 1.165) is 6.42 Å². The Labute approximate surface area is 115 Å². The van der Waals surface area contributed by atoms with E-state index in [1.165, 1.54) is 64.5 Å². The average Bonchev–Trinajstić information content (AvgIpc) is 2.39. The second-order valence-electron chi connectivity index (χ2n) is 4.74. The first-order valence-electron chi connectivity index (χ1n) is 7.85. The summed E-state index contributed by atoms with van der Waals surface area (Å²) in [4.78, 5) is 0. The number of aliphatic hydroxyl groups excluding tert-OH is 1. The van der Waals surface area contributed by atoms with E-state index in [-0.39, 0.29) is 6.61 Å². The number of nitrogens with two attached hydrogens (primary N) is 1. The zero-order valence-electron chi connectivity index (χ0n) is 12.7. The maximum absolute atomic E-state index is 7.99. The predicted molar refractivity (Wildman–Crippen MR) is 81.9 cm³/mol. The van der Waals surface area contributed by atoms with Crippen molar-refractivity contribution in [3.63, 3.8) is 0 Å². The minimum Gasteiger partial charge on any atom is -0.396 e. The molecule has 18 heavy (non-hydrogen) atoms. The van der Waals surface area contributed by atoms with Gasteiger partial charge in [-0.05, 0) is 38.9 Å². The largest absolute Gasteiger partial charge is 0.396 e. The molecule has 0 saturated carbocycles. The summed E-state index contributed by atoms with van der Waals surface area (Å²) in [5.41, 5.74) is 4.98. The molecule has 0 aromatic rings. The lowest BCUT2D eigenvalue weighted by molar-refractivity contribution is 0.291. The van der Waals surface area contributed by atoms with Crippen LogP contribution in [0.5, 0.6) is 0 Å².